The van der Waals surface area contributed by atoms with Gasteiger partial charge in [-0.3, -0.25) is 0 Å². The number of hydrogen-bond donors (Lipinski definition) is 1. The van der Waals surface area contributed by atoms with Gasteiger partial charge in [0.1, 0.15) is 0 Å². The zero-order chi connectivity index (χ0) is 9.80. The maximum atomic E-state index is 4.20. The Morgan fingerprint density at radius 1 is 1.29 bits per heavy atom. The van der Waals surface area contributed by atoms with Crippen LogP contribution < -0.4 is 5.32 Å². The van der Waals surface area contributed by atoms with Crippen molar-refractivity contribution in [2.45, 2.75) is 6.54 Å². The first-order valence-electron chi connectivity index (χ1n) is 4.21. The number of anilines is 1. The second-order valence-electron chi connectivity index (χ2n) is 2.84. The molecule has 72 valence electrons. The van der Waals surface area contributed by atoms with Crippen molar-refractivity contribution in [2.24, 2.45) is 0 Å². The van der Waals surface area contributed by atoms with Crippen LogP contribution in [0.15, 0.2) is 35.2 Å². The Morgan fingerprint density at radius 2 is 2.07 bits per heavy atom. The summed E-state index contributed by atoms with van der Waals surface area (Å²) in [6, 6.07) is 8.33. The highest BCUT2D eigenvalue weighted by atomic mass is 127. The molecule has 1 aromatic carbocycles. The van der Waals surface area contributed by atoms with E-state index in [0.29, 0.717) is 0 Å². The van der Waals surface area contributed by atoms with E-state index in [1.165, 1.54) is 3.57 Å². The lowest BCUT2D eigenvalue weighted by Gasteiger charge is -2.03. The number of nitrogens with one attached hydrogen (secondary N) is 1. The van der Waals surface area contributed by atoms with Crippen molar-refractivity contribution >= 4 is 39.6 Å². The molecule has 0 amide bonds. The standard InChI is InChI=1S/C10H9IN2S/c11-8-1-3-9(4-2-8)12-5-10-6-14-7-13-10/h1-4,6-7,12H,5H2. The van der Waals surface area contributed by atoms with Crippen molar-refractivity contribution in [3.05, 3.63) is 44.4 Å². The van der Waals surface area contributed by atoms with Gasteiger partial charge in [0, 0.05) is 14.6 Å². The second-order valence-corrected chi connectivity index (χ2v) is 4.80. The Hall–Kier alpha value is -0.620. The molecule has 0 spiro atoms. The van der Waals surface area contributed by atoms with E-state index < -0.39 is 0 Å². The zero-order valence-electron chi connectivity index (χ0n) is 7.40. The number of thiazole rings is 1. The molecule has 0 saturated carbocycles. The highest BCUT2D eigenvalue weighted by molar-refractivity contribution is 14.1. The van der Waals surface area contributed by atoms with Gasteiger partial charge in [-0.25, -0.2) is 4.98 Å². The van der Waals surface area contributed by atoms with E-state index in [4.69, 9.17) is 0 Å². The largest absolute Gasteiger partial charge is 0.379 e. The van der Waals surface area contributed by atoms with Crippen LogP contribution in [0, 0.1) is 3.57 Å². The number of aromatic nitrogens is 1. The predicted octanol–water partition coefficient (Wildman–Crippen LogP) is 3.36. The maximum Gasteiger partial charge on any atom is 0.0795 e. The Morgan fingerprint density at radius 3 is 2.71 bits per heavy atom. The van der Waals surface area contributed by atoms with Crippen LogP contribution in [-0.2, 0) is 6.54 Å². The van der Waals surface area contributed by atoms with Crippen molar-refractivity contribution < 1.29 is 0 Å². The van der Waals surface area contributed by atoms with Crippen LogP contribution in [0.25, 0.3) is 0 Å². The van der Waals surface area contributed by atoms with Crippen LogP contribution in [0.3, 0.4) is 0 Å². The Bertz CT molecular complexity index is 383. The molecule has 0 unspecified atom stereocenters. The van der Waals surface area contributed by atoms with Gasteiger partial charge in [0.15, 0.2) is 0 Å². The molecule has 2 rings (SSSR count). The molecular formula is C10H9IN2S. The normalized spacial score (nSPS) is 10.1. The molecule has 0 atom stereocenters. The Labute approximate surface area is 101 Å². The fraction of sp³-hybridized carbons (Fsp3) is 0.100. The number of nitrogens with zero attached hydrogens (tertiary/aromatic N) is 1. The minimum absolute atomic E-state index is 0.796. The van der Waals surface area contributed by atoms with Gasteiger partial charge in [-0.1, -0.05) is 0 Å². The average molecular weight is 316 g/mol. The molecule has 0 radical (unpaired) electrons. The summed E-state index contributed by atoms with van der Waals surface area (Å²) >= 11 is 3.92. The van der Waals surface area contributed by atoms with Crippen molar-refractivity contribution in [3.8, 4) is 0 Å². The molecule has 1 heterocycles. The third kappa shape index (κ3) is 2.68. The van der Waals surface area contributed by atoms with Crippen LogP contribution in [0.5, 0.6) is 0 Å². The van der Waals surface area contributed by atoms with Crippen molar-refractivity contribution in [1.82, 2.24) is 4.98 Å². The van der Waals surface area contributed by atoms with E-state index >= 15 is 0 Å². The SMILES string of the molecule is Ic1ccc(NCc2cscn2)cc1. The number of hydrogen-bond acceptors (Lipinski definition) is 3. The van der Waals surface area contributed by atoms with E-state index in [0.717, 1.165) is 17.9 Å². The summed E-state index contributed by atoms with van der Waals surface area (Å²) in [6.07, 6.45) is 0. The predicted molar refractivity (Wildman–Crippen MR) is 68.6 cm³/mol. The number of halogens is 1. The highest BCUT2D eigenvalue weighted by Gasteiger charge is 1.94. The first kappa shape index (κ1) is 9.92. The minimum Gasteiger partial charge on any atom is -0.379 e. The van der Waals surface area contributed by atoms with E-state index in [1.54, 1.807) is 11.3 Å². The molecule has 1 aromatic heterocycles. The highest BCUT2D eigenvalue weighted by Crippen LogP contribution is 2.12. The summed E-state index contributed by atoms with van der Waals surface area (Å²) in [5.41, 5.74) is 4.08. The number of benzene rings is 1. The lowest BCUT2D eigenvalue weighted by molar-refractivity contribution is 1.07. The molecular weight excluding hydrogens is 307 g/mol. The maximum absolute atomic E-state index is 4.20. The van der Waals surface area contributed by atoms with Gasteiger partial charge in [0.25, 0.3) is 0 Å². The van der Waals surface area contributed by atoms with Gasteiger partial charge in [-0.15, -0.1) is 11.3 Å². The van der Waals surface area contributed by atoms with Crippen LogP contribution in [0.1, 0.15) is 5.69 Å². The fourth-order valence-corrected chi connectivity index (χ4v) is 2.00. The third-order valence-corrected chi connectivity index (χ3v) is 3.16. The third-order valence-electron chi connectivity index (χ3n) is 1.80. The van der Waals surface area contributed by atoms with Crippen LogP contribution >= 0.6 is 33.9 Å². The van der Waals surface area contributed by atoms with Crippen LogP contribution in [0.4, 0.5) is 5.69 Å². The topological polar surface area (TPSA) is 24.9 Å². The first-order chi connectivity index (χ1) is 6.84. The summed E-state index contributed by atoms with van der Waals surface area (Å²) < 4.78 is 1.25. The van der Waals surface area contributed by atoms with Gasteiger partial charge in [0.2, 0.25) is 0 Å². The lowest BCUT2D eigenvalue weighted by atomic mass is 10.3. The smallest absolute Gasteiger partial charge is 0.0795 e. The summed E-state index contributed by atoms with van der Waals surface area (Å²) in [5.74, 6) is 0. The fourth-order valence-electron chi connectivity index (χ4n) is 1.09. The Kier molecular flexibility index (Phi) is 3.36. The average Bonchev–Trinajstić information content (AvgIpc) is 2.70. The second kappa shape index (κ2) is 4.75. The minimum atomic E-state index is 0.796. The lowest BCUT2D eigenvalue weighted by Crippen LogP contribution is -1.98. The van der Waals surface area contributed by atoms with Crippen LogP contribution in [-0.4, -0.2) is 4.98 Å². The summed E-state index contributed by atoms with van der Waals surface area (Å²) in [6.45, 7) is 0.796. The molecule has 1 N–H and O–H groups in total. The summed E-state index contributed by atoms with van der Waals surface area (Å²) in [5, 5.41) is 5.37. The molecule has 0 saturated heterocycles. The first-order valence-corrected chi connectivity index (χ1v) is 6.23. The molecule has 4 heteroatoms. The molecule has 0 aliphatic rings. The van der Waals surface area contributed by atoms with E-state index in [2.05, 4.69) is 62.5 Å². The van der Waals surface area contributed by atoms with Gasteiger partial charge in [0.05, 0.1) is 17.7 Å². The molecule has 14 heavy (non-hydrogen) atoms. The summed E-state index contributed by atoms with van der Waals surface area (Å²) in [4.78, 5) is 4.20. The molecule has 2 aromatic rings. The van der Waals surface area contributed by atoms with E-state index in [1.807, 2.05) is 5.51 Å². The van der Waals surface area contributed by atoms with Crippen molar-refractivity contribution in [1.29, 1.82) is 0 Å². The molecule has 0 fully saturated rings. The quantitative estimate of drug-likeness (QED) is 0.879. The number of rotatable bonds is 3. The van der Waals surface area contributed by atoms with E-state index in [-0.39, 0.29) is 0 Å². The van der Waals surface area contributed by atoms with Crippen molar-refractivity contribution in [3.63, 3.8) is 0 Å². The summed E-state index contributed by atoms with van der Waals surface area (Å²) in [7, 11) is 0. The Balaban J connectivity index is 1.95. The van der Waals surface area contributed by atoms with Gasteiger partial charge in [-0.05, 0) is 46.9 Å². The zero-order valence-corrected chi connectivity index (χ0v) is 10.4. The van der Waals surface area contributed by atoms with Gasteiger partial charge >= 0.3 is 0 Å². The van der Waals surface area contributed by atoms with Gasteiger partial charge < -0.3 is 5.32 Å². The molecule has 2 nitrogen and oxygen atoms in total. The van der Waals surface area contributed by atoms with Gasteiger partial charge in [-0.2, -0.15) is 0 Å². The molecule has 0 aliphatic carbocycles. The monoisotopic (exact) mass is 316 g/mol. The van der Waals surface area contributed by atoms with Crippen LogP contribution in [0.2, 0.25) is 0 Å². The molecule has 0 bridgehead atoms. The van der Waals surface area contributed by atoms with Crippen molar-refractivity contribution in [2.75, 3.05) is 5.32 Å². The molecule has 0 aliphatic heterocycles. The van der Waals surface area contributed by atoms with E-state index in [9.17, 15) is 0 Å².